The van der Waals surface area contributed by atoms with E-state index in [1.807, 2.05) is 12.1 Å². The average molecular weight is 728 g/mol. The van der Waals surface area contributed by atoms with E-state index in [0.29, 0.717) is 0 Å². The first kappa shape index (κ1) is 31.6. The highest BCUT2D eigenvalue weighted by Gasteiger charge is 2.22. The monoisotopic (exact) mass is 727 g/mol. The molecule has 8 aromatic carbocycles. The summed E-state index contributed by atoms with van der Waals surface area (Å²) in [6, 6.07) is 71.2. The van der Waals surface area contributed by atoms with Crippen LogP contribution in [0.1, 0.15) is 0 Å². The summed E-state index contributed by atoms with van der Waals surface area (Å²) in [6.07, 6.45) is 0. The summed E-state index contributed by atoms with van der Waals surface area (Å²) in [5.74, 6) is 0. The van der Waals surface area contributed by atoms with E-state index in [9.17, 15) is 0 Å². The van der Waals surface area contributed by atoms with Gasteiger partial charge in [0, 0.05) is 49.1 Å². The Hall–Kier alpha value is -7.69. The number of nitrogens with zero attached hydrogens (tertiary/aromatic N) is 3. The maximum atomic E-state index is 6.59. The van der Waals surface area contributed by atoms with Gasteiger partial charge < -0.3 is 13.6 Å². The number of furan rings is 1. The third-order valence-electron chi connectivity index (χ3n) is 11.5. The molecule has 0 aliphatic heterocycles. The fourth-order valence-corrected chi connectivity index (χ4v) is 8.98. The lowest BCUT2D eigenvalue weighted by atomic mass is 10.00. The lowest BCUT2D eigenvalue weighted by molar-refractivity contribution is 0.666. The van der Waals surface area contributed by atoms with Crippen molar-refractivity contribution in [1.29, 1.82) is 0 Å². The molecule has 0 aliphatic rings. The van der Waals surface area contributed by atoms with Gasteiger partial charge in [-0.05, 0) is 71.8 Å². The molecule has 0 unspecified atom stereocenters. The van der Waals surface area contributed by atoms with Crippen LogP contribution in [0.2, 0.25) is 0 Å². The molecule has 4 heterocycles. The predicted molar refractivity (Wildman–Crippen MR) is 237 cm³/mol. The highest BCUT2D eigenvalue weighted by atomic mass is 16.3. The number of fused-ring (bicyclic) bond motifs is 10. The van der Waals surface area contributed by atoms with E-state index < -0.39 is 0 Å². The molecule has 4 aromatic heterocycles. The van der Waals surface area contributed by atoms with Crippen molar-refractivity contribution < 1.29 is 4.42 Å². The molecular weight excluding hydrogens is 695 g/mol. The molecule has 266 valence electrons. The van der Waals surface area contributed by atoms with Crippen LogP contribution < -0.4 is 0 Å². The summed E-state index contributed by atoms with van der Waals surface area (Å²) >= 11 is 0. The van der Waals surface area contributed by atoms with Gasteiger partial charge in [0.05, 0.1) is 39.1 Å². The van der Waals surface area contributed by atoms with E-state index in [1.165, 1.54) is 32.6 Å². The molecule has 4 heteroatoms. The molecule has 0 radical (unpaired) electrons. The lowest BCUT2D eigenvalue weighted by Gasteiger charge is -2.12. The van der Waals surface area contributed by atoms with Crippen molar-refractivity contribution in [2.24, 2.45) is 0 Å². The maximum Gasteiger partial charge on any atom is 0.159 e. The molecule has 0 spiro atoms. The Bertz CT molecular complexity index is 3440. The number of hydrogen-bond donors (Lipinski definition) is 0. The van der Waals surface area contributed by atoms with Crippen molar-refractivity contribution in [3.8, 4) is 45.0 Å². The average Bonchev–Trinajstić information content (AvgIpc) is 3.95. The Kier molecular flexibility index (Phi) is 6.89. The number of hydrogen-bond acceptors (Lipinski definition) is 2. The van der Waals surface area contributed by atoms with Gasteiger partial charge in [-0.1, -0.05) is 140 Å². The Morgan fingerprint density at radius 2 is 0.877 bits per heavy atom. The van der Waals surface area contributed by atoms with Crippen LogP contribution >= 0.6 is 0 Å². The van der Waals surface area contributed by atoms with Crippen LogP contribution in [0, 0.1) is 0 Å². The van der Waals surface area contributed by atoms with E-state index in [4.69, 9.17) is 9.40 Å². The van der Waals surface area contributed by atoms with E-state index in [-0.39, 0.29) is 0 Å². The van der Waals surface area contributed by atoms with Crippen LogP contribution in [-0.4, -0.2) is 14.1 Å². The quantitative estimate of drug-likeness (QED) is 0.177. The van der Waals surface area contributed by atoms with Crippen molar-refractivity contribution >= 4 is 65.6 Å². The molecule has 0 N–H and O–H groups in total. The van der Waals surface area contributed by atoms with E-state index in [0.717, 1.165) is 77.9 Å². The van der Waals surface area contributed by atoms with Crippen LogP contribution in [0.5, 0.6) is 0 Å². The fourth-order valence-electron chi connectivity index (χ4n) is 8.98. The molecule has 0 amide bonds. The number of pyridine rings is 1. The van der Waals surface area contributed by atoms with Crippen molar-refractivity contribution in [3.05, 3.63) is 200 Å². The smallest absolute Gasteiger partial charge is 0.159 e. The second-order valence-electron chi connectivity index (χ2n) is 14.7. The van der Waals surface area contributed by atoms with Gasteiger partial charge in [0.2, 0.25) is 0 Å². The van der Waals surface area contributed by atoms with Crippen LogP contribution in [0.15, 0.2) is 205 Å². The summed E-state index contributed by atoms with van der Waals surface area (Å²) in [7, 11) is 0. The topological polar surface area (TPSA) is 35.9 Å². The van der Waals surface area contributed by atoms with Gasteiger partial charge in [-0.15, -0.1) is 0 Å². The molecule has 0 bridgehead atoms. The molecule has 0 fully saturated rings. The van der Waals surface area contributed by atoms with E-state index in [1.54, 1.807) is 0 Å². The van der Waals surface area contributed by atoms with Gasteiger partial charge >= 0.3 is 0 Å². The number of benzene rings is 8. The largest absolute Gasteiger partial charge is 0.454 e. The number of rotatable bonds is 5. The highest BCUT2D eigenvalue weighted by molar-refractivity contribution is 6.29. The summed E-state index contributed by atoms with van der Waals surface area (Å²) in [6.45, 7) is 0. The van der Waals surface area contributed by atoms with Gasteiger partial charge in [-0.3, -0.25) is 0 Å². The molecule has 0 saturated carbocycles. The Balaban J connectivity index is 1.06. The second kappa shape index (κ2) is 12.4. The molecule has 0 saturated heterocycles. The van der Waals surface area contributed by atoms with Gasteiger partial charge in [-0.2, -0.15) is 0 Å². The fraction of sp³-hybridized carbons (Fsp3) is 0. The second-order valence-corrected chi connectivity index (χ2v) is 14.7. The van der Waals surface area contributed by atoms with E-state index in [2.05, 4.69) is 197 Å². The summed E-state index contributed by atoms with van der Waals surface area (Å²) < 4.78 is 11.4. The third kappa shape index (κ3) is 4.84. The minimum Gasteiger partial charge on any atom is -0.454 e. The zero-order chi connectivity index (χ0) is 37.5. The minimum atomic E-state index is 0.892. The van der Waals surface area contributed by atoms with Crippen molar-refractivity contribution in [1.82, 2.24) is 14.1 Å². The summed E-state index contributed by atoms with van der Waals surface area (Å²) in [4.78, 5) is 5.20. The highest BCUT2D eigenvalue weighted by Crippen LogP contribution is 2.44. The first-order chi connectivity index (χ1) is 28.3. The maximum absolute atomic E-state index is 6.59. The predicted octanol–water partition coefficient (Wildman–Crippen LogP) is 14.2. The van der Waals surface area contributed by atoms with Gasteiger partial charge in [0.1, 0.15) is 5.58 Å². The number of para-hydroxylation sites is 4. The normalized spacial score (nSPS) is 11.9. The molecule has 57 heavy (non-hydrogen) atoms. The van der Waals surface area contributed by atoms with Gasteiger partial charge in [0.25, 0.3) is 0 Å². The Labute approximate surface area is 328 Å². The van der Waals surface area contributed by atoms with E-state index >= 15 is 0 Å². The first-order valence-electron chi connectivity index (χ1n) is 19.4. The number of aromatic nitrogens is 3. The first-order valence-corrected chi connectivity index (χ1v) is 19.4. The third-order valence-corrected chi connectivity index (χ3v) is 11.5. The summed E-state index contributed by atoms with van der Waals surface area (Å²) in [5, 5.41) is 7.15. The molecule has 0 atom stereocenters. The molecule has 4 nitrogen and oxygen atoms in total. The van der Waals surface area contributed by atoms with Crippen LogP contribution in [0.4, 0.5) is 0 Å². The van der Waals surface area contributed by atoms with Crippen LogP contribution in [-0.2, 0) is 0 Å². The van der Waals surface area contributed by atoms with Crippen LogP contribution in [0.3, 0.4) is 0 Å². The van der Waals surface area contributed by atoms with Crippen molar-refractivity contribution in [2.45, 2.75) is 0 Å². The zero-order valence-corrected chi connectivity index (χ0v) is 30.8. The SMILES string of the molecule is c1ccc(-c2cc(-c3ccccc3)nc(-c3ccc(-n4c5ccccc5c5c6c7ccccc7n(-c7cccc8c7oc7ccccc78)c6ccc54)cc3)c2)cc1. The van der Waals surface area contributed by atoms with Crippen molar-refractivity contribution in [3.63, 3.8) is 0 Å². The molecular formula is C53H33N3O. The Morgan fingerprint density at radius 1 is 0.351 bits per heavy atom. The molecule has 12 aromatic rings. The van der Waals surface area contributed by atoms with Gasteiger partial charge in [-0.25, -0.2) is 4.98 Å². The zero-order valence-electron chi connectivity index (χ0n) is 30.8. The van der Waals surface area contributed by atoms with Crippen LogP contribution in [0.25, 0.3) is 111 Å². The Morgan fingerprint density at radius 3 is 1.56 bits per heavy atom. The standard InChI is InChI=1S/C53H33N3O/c1-3-14-34(15-4-1)37-32-43(35-16-5-2-6-17-35)54-44(33-37)36-26-28-38(29-27-36)55-45-22-10-7-19-41(45)51-47(55)30-31-48-52(51)42-20-8-11-23-46(42)56(48)49-24-13-21-40-39-18-9-12-25-50(39)57-53(40)49/h1-33H. The van der Waals surface area contributed by atoms with Crippen molar-refractivity contribution in [2.75, 3.05) is 0 Å². The lowest BCUT2D eigenvalue weighted by Crippen LogP contribution is -1.96. The molecule has 0 aliphatic carbocycles. The van der Waals surface area contributed by atoms with Gasteiger partial charge in [0.15, 0.2) is 5.58 Å². The minimum absolute atomic E-state index is 0.892. The molecule has 12 rings (SSSR count). The summed E-state index contributed by atoms with van der Waals surface area (Å²) in [5.41, 5.74) is 14.9.